The van der Waals surface area contributed by atoms with E-state index in [2.05, 4.69) is 39.2 Å². The van der Waals surface area contributed by atoms with Crippen LogP contribution in [-0.2, 0) is 11.3 Å². The SMILES string of the molecule is Cc1cnccc1N1CCCN(CCC(=O)NCc2cccs2)CC1. The van der Waals surface area contributed by atoms with Gasteiger partial charge in [-0.15, -0.1) is 11.3 Å². The molecule has 3 rings (SSSR count). The molecule has 0 radical (unpaired) electrons. The molecule has 2 aromatic rings. The Kier molecular flexibility index (Phi) is 6.42. The van der Waals surface area contributed by atoms with E-state index in [-0.39, 0.29) is 5.91 Å². The Hall–Kier alpha value is -1.92. The second-order valence-corrected chi connectivity index (χ2v) is 7.48. The maximum atomic E-state index is 12.0. The summed E-state index contributed by atoms with van der Waals surface area (Å²) in [6.07, 6.45) is 5.48. The highest BCUT2D eigenvalue weighted by Gasteiger charge is 2.17. The van der Waals surface area contributed by atoms with Crippen molar-refractivity contribution in [2.24, 2.45) is 0 Å². The van der Waals surface area contributed by atoms with Gasteiger partial charge in [-0.25, -0.2) is 0 Å². The second kappa shape index (κ2) is 8.97. The molecule has 1 fully saturated rings. The van der Waals surface area contributed by atoms with Crippen LogP contribution in [0, 0.1) is 6.92 Å². The number of pyridine rings is 1. The minimum atomic E-state index is 0.138. The van der Waals surface area contributed by atoms with Crippen molar-refractivity contribution in [3.05, 3.63) is 46.4 Å². The number of amides is 1. The van der Waals surface area contributed by atoms with E-state index in [0.29, 0.717) is 13.0 Å². The number of aryl methyl sites for hydroxylation is 1. The number of nitrogens with one attached hydrogen (secondary N) is 1. The van der Waals surface area contributed by atoms with Crippen molar-refractivity contribution < 1.29 is 4.79 Å². The maximum absolute atomic E-state index is 12.0. The molecule has 3 heterocycles. The lowest BCUT2D eigenvalue weighted by molar-refractivity contribution is -0.121. The quantitative estimate of drug-likeness (QED) is 0.862. The number of rotatable bonds is 6. The molecule has 1 amide bonds. The minimum absolute atomic E-state index is 0.138. The lowest BCUT2D eigenvalue weighted by Crippen LogP contribution is -2.34. The molecular formula is C19H26N4OS. The van der Waals surface area contributed by atoms with E-state index in [1.54, 1.807) is 11.3 Å². The molecule has 134 valence electrons. The summed E-state index contributed by atoms with van der Waals surface area (Å²) in [5.41, 5.74) is 2.51. The zero-order chi connectivity index (χ0) is 17.5. The van der Waals surface area contributed by atoms with Crippen LogP contribution >= 0.6 is 11.3 Å². The van der Waals surface area contributed by atoms with Gasteiger partial charge in [-0.2, -0.15) is 0 Å². The van der Waals surface area contributed by atoms with E-state index >= 15 is 0 Å². The van der Waals surface area contributed by atoms with Crippen LogP contribution in [0.5, 0.6) is 0 Å². The number of hydrogen-bond donors (Lipinski definition) is 1. The van der Waals surface area contributed by atoms with E-state index in [1.807, 2.05) is 23.8 Å². The van der Waals surface area contributed by atoms with Gasteiger partial charge in [0.05, 0.1) is 6.54 Å². The average molecular weight is 359 g/mol. The van der Waals surface area contributed by atoms with Crippen molar-refractivity contribution in [3.63, 3.8) is 0 Å². The van der Waals surface area contributed by atoms with Gasteiger partial charge >= 0.3 is 0 Å². The molecule has 0 unspecified atom stereocenters. The number of nitrogens with zero attached hydrogens (tertiary/aromatic N) is 3. The molecule has 1 saturated heterocycles. The average Bonchev–Trinajstić information content (AvgIpc) is 3.03. The number of anilines is 1. The first-order valence-corrected chi connectivity index (χ1v) is 9.77. The summed E-state index contributed by atoms with van der Waals surface area (Å²) >= 11 is 1.68. The van der Waals surface area contributed by atoms with Crippen LogP contribution in [0.25, 0.3) is 0 Å². The van der Waals surface area contributed by atoms with Gasteiger partial charge in [0.15, 0.2) is 0 Å². The fourth-order valence-corrected chi connectivity index (χ4v) is 3.85. The van der Waals surface area contributed by atoms with Crippen molar-refractivity contribution >= 4 is 22.9 Å². The van der Waals surface area contributed by atoms with Gasteiger partial charge in [0.2, 0.25) is 5.91 Å². The maximum Gasteiger partial charge on any atom is 0.221 e. The van der Waals surface area contributed by atoms with Gasteiger partial charge in [-0.1, -0.05) is 6.07 Å². The summed E-state index contributed by atoms with van der Waals surface area (Å²) in [7, 11) is 0. The lowest BCUT2D eigenvalue weighted by atomic mass is 10.2. The molecule has 25 heavy (non-hydrogen) atoms. The number of aromatic nitrogens is 1. The number of thiophene rings is 1. The second-order valence-electron chi connectivity index (χ2n) is 6.45. The molecule has 0 saturated carbocycles. The highest BCUT2D eigenvalue weighted by Crippen LogP contribution is 2.20. The van der Waals surface area contributed by atoms with Crippen molar-refractivity contribution in [2.75, 3.05) is 37.6 Å². The first-order valence-electron chi connectivity index (χ1n) is 8.89. The van der Waals surface area contributed by atoms with Crippen LogP contribution in [-0.4, -0.2) is 48.5 Å². The zero-order valence-corrected chi connectivity index (χ0v) is 15.6. The third-order valence-corrected chi connectivity index (χ3v) is 5.49. The van der Waals surface area contributed by atoms with Gasteiger partial charge in [-0.3, -0.25) is 9.78 Å². The Bertz CT molecular complexity index is 674. The van der Waals surface area contributed by atoms with E-state index < -0.39 is 0 Å². The standard InChI is InChI=1S/C19H26N4OS/c1-16-14-20-7-5-18(16)23-9-3-8-22(11-12-23)10-6-19(24)21-15-17-4-2-13-25-17/h2,4-5,7,13-14H,3,6,8-12,15H2,1H3,(H,21,24). The predicted octanol–water partition coefficient (Wildman–Crippen LogP) is 2.67. The molecule has 1 N–H and O–H groups in total. The first-order chi connectivity index (χ1) is 12.2. The fraction of sp³-hybridized carbons (Fsp3) is 0.474. The largest absolute Gasteiger partial charge is 0.370 e. The summed E-state index contributed by atoms with van der Waals surface area (Å²) < 4.78 is 0. The van der Waals surface area contributed by atoms with Crippen molar-refractivity contribution in [2.45, 2.75) is 26.3 Å². The van der Waals surface area contributed by atoms with Crippen molar-refractivity contribution in [1.29, 1.82) is 0 Å². The van der Waals surface area contributed by atoms with Crippen LogP contribution in [0.3, 0.4) is 0 Å². The van der Waals surface area contributed by atoms with Crippen LogP contribution in [0.15, 0.2) is 36.0 Å². The molecule has 2 aromatic heterocycles. The monoisotopic (exact) mass is 358 g/mol. The van der Waals surface area contributed by atoms with Crippen LogP contribution in [0.4, 0.5) is 5.69 Å². The Labute approximate surface area is 153 Å². The molecule has 1 aliphatic heterocycles. The molecule has 0 spiro atoms. The van der Waals surface area contributed by atoms with Gasteiger partial charge in [-0.05, 0) is 43.0 Å². The van der Waals surface area contributed by atoms with Crippen LogP contribution in [0.1, 0.15) is 23.3 Å². The molecule has 1 aliphatic rings. The predicted molar refractivity (Wildman–Crippen MR) is 103 cm³/mol. The highest BCUT2D eigenvalue weighted by atomic mass is 32.1. The summed E-state index contributed by atoms with van der Waals surface area (Å²) in [6.45, 7) is 7.71. The lowest BCUT2D eigenvalue weighted by Gasteiger charge is -2.24. The van der Waals surface area contributed by atoms with Gasteiger partial charge in [0.25, 0.3) is 0 Å². The summed E-state index contributed by atoms with van der Waals surface area (Å²) in [4.78, 5) is 22.3. The number of carbonyl (C=O) groups is 1. The molecule has 0 aliphatic carbocycles. The third kappa shape index (κ3) is 5.28. The normalized spacial score (nSPS) is 15.8. The van der Waals surface area contributed by atoms with E-state index in [9.17, 15) is 4.79 Å². The van der Waals surface area contributed by atoms with E-state index in [1.165, 1.54) is 16.1 Å². The third-order valence-electron chi connectivity index (χ3n) is 4.61. The van der Waals surface area contributed by atoms with Crippen LogP contribution in [0.2, 0.25) is 0 Å². The molecular weight excluding hydrogens is 332 g/mol. The summed E-state index contributed by atoms with van der Waals surface area (Å²) in [6, 6.07) is 6.16. The van der Waals surface area contributed by atoms with E-state index in [0.717, 1.165) is 39.1 Å². The smallest absolute Gasteiger partial charge is 0.221 e. The molecule has 6 heteroatoms. The Morgan fingerprint density at radius 1 is 1.28 bits per heavy atom. The Balaban J connectivity index is 1.42. The molecule has 0 aromatic carbocycles. The number of carbonyl (C=O) groups excluding carboxylic acids is 1. The summed E-state index contributed by atoms with van der Waals surface area (Å²) in [5.74, 6) is 0.138. The number of hydrogen-bond acceptors (Lipinski definition) is 5. The molecule has 5 nitrogen and oxygen atoms in total. The van der Waals surface area contributed by atoms with Crippen LogP contribution < -0.4 is 10.2 Å². The van der Waals surface area contributed by atoms with Gasteiger partial charge < -0.3 is 15.1 Å². The Morgan fingerprint density at radius 2 is 2.20 bits per heavy atom. The highest BCUT2D eigenvalue weighted by molar-refractivity contribution is 7.09. The molecule has 0 bridgehead atoms. The van der Waals surface area contributed by atoms with E-state index in [4.69, 9.17) is 0 Å². The van der Waals surface area contributed by atoms with Gasteiger partial charge in [0.1, 0.15) is 0 Å². The zero-order valence-electron chi connectivity index (χ0n) is 14.8. The molecule has 0 atom stereocenters. The van der Waals surface area contributed by atoms with Crippen molar-refractivity contribution in [1.82, 2.24) is 15.2 Å². The minimum Gasteiger partial charge on any atom is -0.370 e. The summed E-state index contributed by atoms with van der Waals surface area (Å²) in [5, 5.41) is 5.05. The fourth-order valence-electron chi connectivity index (χ4n) is 3.20. The topological polar surface area (TPSA) is 48.5 Å². The first kappa shape index (κ1) is 17.9. The van der Waals surface area contributed by atoms with Gasteiger partial charge in [0, 0.05) is 55.6 Å². The Morgan fingerprint density at radius 3 is 3.00 bits per heavy atom. The van der Waals surface area contributed by atoms with Crippen molar-refractivity contribution in [3.8, 4) is 0 Å².